The number of aliphatic hydroxyl groups is 1. The molecule has 0 aliphatic heterocycles. The maximum absolute atomic E-state index is 12.0. The molecule has 2 saturated carbocycles. The minimum atomic E-state index is -0.146. The number of nitrogens with one attached hydrogen (secondary N) is 2. The van der Waals surface area contributed by atoms with Crippen molar-refractivity contribution in [1.82, 2.24) is 10.6 Å². The van der Waals surface area contributed by atoms with Crippen LogP contribution in [0.1, 0.15) is 44.9 Å². The van der Waals surface area contributed by atoms with E-state index in [9.17, 15) is 9.90 Å². The molecule has 4 nitrogen and oxygen atoms in total. The molecule has 2 aliphatic carbocycles. The van der Waals surface area contributed by atoms with Crippen molar-refractivity contribution in [3.63, 3.8) is 0 Å². The Morgan fingerprint density at radius 2 is 1.94 bits per heavy atom. The first-order valence-corrected chi connectivity index (χ1v) is 6.79. The zero-order chi connectivity index (χ0) is 12.3. The zero-order valence-corrected chi connectivity index (χ0v) is 10.7. The Bertz CT molecular complexity index is 263. The van der Waals surface area contributed by atoms with Crippen LogP contribution in [0.25, 0.3) is 0 Å². The van der Waals surface area contributed by atoms with Crippen LogP contribution in [0.15, 0.2) is 0 Å². The quantitative estimate of drug-likeness (QED) is 0.681. The van der Waals surface area contributed by atoms with E-state index >= 15 is 0 Å². The molecule has 2 aliphatic rings. The van der Waals surface area contributed by atoms with Gasteiger partial charge >= 0.3 is 0 Å². The van der Waals surface area contributed by atoms with Crippen molar-refractivity contribution in [3.8, 4) is 0 Å². The molecule has 0 heterocycles. The molecule has 0 aromatic heterocycles. The van der Waals surface area contributed by atoms with Gasteiger partial charge in [0.15, 0.2) is 0 Å². The number of carbonyl (C=O) groups excluding carboxylic acids is 1. The summed E-state index contributed by atoms with van der Waals surface area (Å²) < 4.78 is 0. The summed E-state index contributed by atoms with van der Waals surface area (Å²) in [7, 11) is 1.89. The Hall–Kier alpha value is -0.610. The van der Waals surface area contributed by atoms with Crippen LogP contribution in [0, 0.1) is 5.92 Å². The van der Waals surface area contributed by atoms with Crippen LogP contribution in [0.3, 0.4) is 0 Å². The SMILES string of the molecule is CNC1(CO)CCC(C(=O)NC2CCC2)CC1. The van der Waals surface area contributed by atoms with Gasteiger partial charge in [0.1, 0.15) is 0 Å². The fourth-order valence-corrected chi connectivity index (χ4v) is 2.79. The molecule has 0 aromatic carbocycles. The summed E-state index contributed by atoms with van der Waals surface area (Å²) in [4.78, 5) is 12.0. The third-order valence-corrected chi connectivity index (χ3v) is 4.60. The summed E-state index contributed by atoms with van der Waals surface area (Å²) in [6.45, 7) is 0.167. The number of amides is 1. The topological polar surface area (TPSA) is 61.4 Å². The maximum Gasteiger partial charge on any atom is 0.223 e. The van der Waals surface area contributed by atoms with E-state index in [1.54, 1.807) is 0 Å². The summed E-state index contributed by atoms with van der Waals surface area (Å²) in [6.07, 6.45) is 7.11. The second kappa shape index (κ2) is 5.36. The van der Waals surface area contributed by atoms with Gasteiger partial charge in [0.25, 0.3) is 0 Å². The number of aliphatic hydroxyl groups excluding tert-OH is 1. The van der Waals surface area contributed by atoms with Crippen LogP contribution in [0.5, 0.6) is 0 Å². The largest absolute Gasteiger partial charge is 0.394 e. The van der Waals surface area contributed by atoms with E-state index in [0.29, 0.717) is 6.04 Å². The fourth-order valence-electron chi connectivity index (χ4n) is 2.79. The predicted octanol–water partition coefficient (Wildman–Crippen LogP) is 0.796. The van der Waals surface area contributed by atoms with Gasteiger partial charge in [0, 0.05) is 17.5 Å². The van der Waals surface area contributed by atoms with Crippen molar-refractivity contribution in [3.05, 3.63) is 0 Å². The monoisotopic (exact) mass is 240 g/mol. The van der Waals surface area contributed by atoms with Gasteiger partial charge in [-0.15, -0.1) is 0 Å². The minimum Gasteiger partial charge on any atom is -0.394 e. The van der Waals surface area contributed by atoms with Crippen molar-refractivity contribution in [2.45, 2.75) is 56.5 Å². The first kappa shape index (κ1) is 12.8. The van der Waals surface area contributed by atoms with Crippen LogP contribution in [-0.2, 0) is 4.79 Å². The van der Waals surface area contributed by atoms with E-state index in [1.165, 1.54) is 6.42 Å². The van der Waals surface area contributed by atoms with Crippen molar-refractivity contribution >= 4 is 5.91 Å². The molecular formula is C13H24N2O2. The van der Waals surface area contributed by atoms with Crippen LogP contribution in [-0.4, -0.2) is 36.2 Å². The van der Waals surface area contributed by atoms with Crippen LogP contribution >= 0.6 is 0 Å². The lowest BCUT2D eigenvalue weighted by Gasteiger charge is -2.39. The van der Waals surface area contributed by atoms with Crippen molar-refractivity contribution in [2.75, 3.05) is 13.7 Å². The number of hydrogen-bond donors (Lipinski definition) is 3. The average Bonchev–Trinajstić information content (AvgIpc) is 2.33. The van der Waals surface area contributed by atoms with Crippen molar-refractivity contribution in [1.29, 1.82) is 0 Å². The van der Waals surface area contributed by atoms with E-state index in [4.69, 9.17) is 0 Å². The van der Waals surface area contributed by atoms with Gasteiger partial charge in [0.05, 0.1) is 6.61 Å². The van der Waals surface area contributed by atoms with Gasteiger partial charge in [-0.05, 0) is 52.0 Å². The maximum atomic E-state index is 12.0. The van der Waals surface area contributed by atoms with Gasteiger partial charge in [-0.1, -0.05) is 0 Å². The Kier molecular flexibility index (Phi) is 4.05. The summed E-state index contributed by atoms with van der Waals surface area (Å²) in [5.74, 6) is 0.390. The fraction of sp³-hybridized carbons (Fsp3) is 0.923. The molecule has 0 bridgehead atoms. The van der Waals surface area contributed by atoms with Gasteiger partial charge in [-0.25, -0.2) is 0 Å². The van der Waals surface area contributed by atoms with E-state index in [0.717, 1.165) is 38.5 Å². The van der Waals surface area contributed by atoms with Crippen molar-refractivity contribution in [2.24, 2.45) is 5.92 Å². The van der Waals surface area contributed by atoms with Crippen LogP contribution < -0.4 is 10.6 Å². The summed E-state index contributed by atoms with van der Waals surface area (Å²) in [6, 6.07) is 0.441. The lowest BCUT2D eigenvalue weighted by Crippen LogP contribution is -2.51. The highest BCUT2D eigenvalue weighted by atomic mass is 16.3. The molecule has 0 unspecified atom stereocenters. The molecule has 0 radical (unpaired) electrons. The third kappa shape index (κ3) is 2.80. The Morgan fingerprint density at radius 1 is 1.29 bits per heavy atom. The molecule has 1 amide bonds. The standard InChI is InChI=1S/C13H24N2O2/c1-14-13(9-16)7-5-10(6-8-13)12(17)15-11-3-2-4-11/h10-11,14,16H,2-9H2,1H3,(H,15,17). The van der Waals surface area contributed by atoms with Crippen molar-refractivity contribution < 1.29 is 9.90 Å². The second-order valence-electron chi connectivity index (χ2n) is 5.60. The highest BCUT2D eigenvalue weighted by Crippen LogP contribution is 2.32. The summed E-state index contributed by atoms with van der Waals surface area (Å²) in [5.41, 5.74) is -0.146. The van der Waals surface area contributed by atoms with E-state index in [1.807, 2.05) is 7.05 Å². The number of likely N-dealkylation sites (N-methyl/N-ethyl adjacent to an activating group) is 1. The second-order valence-corrected chi connectivity index (χ2v) is 5.60. The molecule has 0 atom stereocenters. The third-order valence-electron chi connectivity index (χ3n) is 4.60. The lowest BCUT2D eigenvalue weighted by atomic mass is 9.76. The van der Waals surface area contributed by atoms with E-state index < -0.39 is 0 Å². The molecule has 4 heteroatoms. The van der Waals surface area contributed by atoms with Gasteiger partial charge in [-0.2, -0.15) is 0 Å². The Morgan fingerprint density at radius 3 is 2.35 bits per heavy atom. The predicted molar refractivity (Wildman–Crippen MR) is 66.6 cm³/mol. The number of hydrogen-bond acceptors (Lipinski definition) is 3. The molecule has 0 spiro atoms. The van der Waals surface area contributed by atoms with E-state index in [-0.39, 0.29) is 24.0 Å². The van der Waals surface area contributed by atoms with E-state index in [2.05, 4.69) is 10.6 Å². The molecule has 2 fully saturated rings. The average molecular weight is 240 g/mol. The van der Waals surface area contributed by atoms with Gasteiger partial charge < -0.3 is 15.7 Å². The first-order chi connectivity index (χ1) is 8.19. The van der Waals surface area contributed by atoms with Gasteiger partial charge in [0.2, 0.25) is 5.91 Å². The lowest BCUT2D eigenvalue weighted by molar-refractivity contribution is -0.127. The summed E-state index contributed by atoms with van der Waals surface area (Å²) >= 11 is 0. The summed E-state index contributed by atoms with van der Waals surface area (Å²) in [5, 5.41) is 15.7. The van der Waals surface area contributed by atoms with Gasteiger partial charge in [-0.3, -0.25) is 4.79 Å². The highest BCUT2D eigenvalue weighted by molar-refractivity contribution is 5.79. The van der Waals surface area contributed by atoms with Crippen LogP contribution in [0.2, 0.25) is 0 Å². The smallest absolute Gasteiger partial charge is 0.223 e. The number of carbonyl (C=O) groups is 1. The Balaban J connectivity index is 1.79. The zero-order valence-electron chi connectivity index (χ0n) is 10.7. The highest BCUT2D eigenvalue weighted by Gasteiger charge is 2.36. The molecule has 17 heavy (non-hydrogen) atoms. The minimum absolute atomic E-state index is 0.146. The Labute approximate surface area is 103 Å². The van der Waals surface area contributed by atoms with Crippen LogP contribution in [0.4, 0.5) is 0 Å². The molecule has 98 valence electrons. The first-order valence-electron chi connectivity index (χ1n) is 6.79. The molecule has 0 aromatic rings. The number of rotatable bonds is 4. The molecular weight excluding hydrogens is 216 g/mol. The normalized spacial score (nSPS) is 34.1. The molecule has 3 N–H and O–H groups in total. The molecule has 2 rings (SSSR count). The molecule has 0 saturated heterocycles.